The number of nitrogens with one attached hydrogen (secondary N) is 1. The van der Waals surface area contributed by atoms with E-state index in [9.17, 15) is 19.5 Å². The van der Waals surface area contributed by atoms with Crippen molar-refractivity contribution in [3.8, 4) is 17.2 Å². The van der Waals surface area contributed by atoms with Crippen molar-refractivity contribution in [1.82, 2.24) is 15.1 Å². The average Bonchev–Trinajstić information content (AvgIpc) is 3.45. The average molecular weight is 716 g/mol. The molecule has 7 rings (SSSR count). The Morgan fingerprint density at radius 1 is 0.849 bits per heavy atom. The van der Waals surface area contributed by atoms with Gasteiger partial charge in [0.2, 0.25) is 5.91 Å². The van der Waals surface area contributed by atoms with Crippen molar-refractivity contribution >= 4 is 34.9 Å². The van der Waals surface area contributed by atoms with Gasteiger partial charge in [-0.1, -0.05) is 48.5 Å². The van der Waals surface area contributed by atoms with Gasteiger partial charge < -0.3 is 19.5 Å². The second-order valence-corrected chi connectivity index (χ2v) is 14.0. The SMILES string of the molecule is CC1(Cc2ccc(OCCCCN3CCN(C(=O)COc4cccc(N5CCC(=O)NC5=O)c4)CC3)cc2)C(c2ccccc2)=Nc2ccc(O)cc21. The lowest BCUT2D eigenvalue weighted by Crippen LogP contribution is -2.50. The Morgan fingerprint density at radius 3 is 2.42 bits per heavy atom. The van der Waals surface area contributed by atoms with Crippen LogP contribution >= 0.6 is 0 Å². The topological polar surface area (TPSA) is 124 Å². The molecule has 0 aromatic heterocycles. The molecule has 2 saturated heterocycles. The maximum absolute atomic E-state index is 12.9. The number of piperazine rings is 1. The number of imide groups is 1. The van der Waals surface area contributed by atoms with E-state index in [-0.39, 0.29) is 30.6 Å². The van der Waals surface area contributed by atoms with Gasteiger partial charge in [-0.25, -0.2) is 4.79 Å². The predicted octanol–water partition coefficient (Wildman–Crippen LogP) is 5.86. The lowest BCUT2D eigenvalue weighted by molar-refractivity contribution is -0.135. The fourth-order valence-corrected chi connectivity index (χ4v) is 7.34. The van der Waals surface area contributed by atoms with Crippen LogP contribution in [-0.2, 0) is 21.4 Å². The number of phenolic OH excluding ortho intramolecular Hbond substituents is 1. The molecule has 0 saturated carbocycles. The zero-order chi connectivity index (χ0) is 36.8. The van der Waals surface area contributed by atoms with E-state index in [2.05, 4.69) is 41.4 Å². The molecule has 3 heterocycles. The molecule has 0 radical (unpaired) electrons. The van der Waals surface area contributed by atoms with Crippen LogP contribution in [0.1, 0.15) is 42.9 Å². The smallest absolute Gasteiger partial charge is 0.328 e. The van der Waals surface area contributed by atoms with Crippen LogP contribution < -0.4 is 19.7 Å². The number of nitrogens with zero attached hydrogens (tertiary/aromatic N) is 4. The fourth-order valence-electron chi connectivity index (χ4n) is 7.34. The molecule has 11 nitrogen and oxygen atoms in total. The number of fused-ring (bicyclic) bond motifs is 1. The van der Waals surface area contributed by atoms with Crippen LogP contribution in [0, 0.1) is 0 Å². The minimum atomic E-state index is -0.459. The first-order valence-electron chi connectivity index (χ1n) is 18.3. The van der Waals surface area contributed by atoms with E-state index >= 15 is 0 Å². The summed E-state index contributed by atoms with van der Waals surface area (Å²) in [7, 11) is 0. The maximum atomic E-state index is 12.9. The van der Waals surface area contributed by atoms with E-state index in [4.69, 9.17) is 14.5 Å². The third kappa shape index (κ3) is 8.36. The van der Waals surface area contributed by atoms with Gasteiger partial charge in [0, 0.05) is 56.3 Å². The van der Waals surface area contributed by atoms with Crippen molar-refractivity contribution in [2.45, 2.75) is 38.0 Å². The summed E-state index contributed by atoms with van der Waals surface area (Å²) in [6.45, 7) is 6.93. The van der Waals surface area contributed by atoms with E-state index in [1.54, 1.807) is 30.3 Å². The highest BCUT2D eigenvalue weighted by Crippen LogP contribution is 2.45. The Balaban J connectivity index is 0.816. The third-order valence-electron chi connectivity index (χ3n) is 10.3. The van der Waals surface area contributed by atoms with Crippen molar-refractivity contribution in [3.05, 3.63) is 114 Å². The van der Waals surface area contributed by atoms with Crippen LogP contribution in [0.3, 0.4) is 0 Å². The largest absolute Gasteiger partial charge is 0.508 e. The number of aromatic hydroxyl groups is 1. The van der Waals surface area contributed by atoms with Gasteiger partial charge >= 0.3 is 6.03 Å². The number of amides is 4. The van der Waals surface area contributed by atoms with Gasteiger partial charge in [0.05, 0.1) is 18.0 Å². The normalized spacial score (nSPS) is 18.7. The molecule has 2 fully saturated rings. The standard InChI is InChI=1S/C42H45N5O6/c1-42(36-27-33(48)14-17-37(36)43-40(42)31-8-3-2-4-9-31)28-30-12-15-34(16-13-30)52-25-6-5-19-45-21-23-46(24-22-45)39(50)29-53-35-11-7-10-32(26-35)47-20-18-38(49)44-41(47)51/h2-4,7-17,26-27,48H,5-6,18-25,28-29H2,1H3,(H,44,49,51). The number of hydrogen-bond donors (Lipinski definition) is 2. The summed E-state index contributed by atoms with van der Waals surface area (Å²) >= 11 is 0. The minimum Gasteiger partial charge on any atom is -0.508 e. The highest BCUT2D eigenvalue weighted by Gasteiger charge is 2.40. The quantitative estimate of drug-likeness (QED) is 0.166. The van der Waals surface area contributed by atoms with Crippen LogP contribution in [0.25, 0.3) is 0 Å². The first-order valence-corrected chi connectivity index (χ1v) is 18.3. The molecule has 0 spiro atoms. The number of hydrogen-bond acceptors (Lipinski definition) is 8. The predicted molar refractivity (Wildman–Crippen MR) is 203 cm³/mol. The molecule has 4 aromatic carbocycles. The zero-order valence-electron chi connectivity index (χ0n) is 30.0. The number of ether oxygens (including phenoxy) is 2. The van der Waals surface area contributed by atoms with Crippen molar-refractivity contribution in [2.24, 2.45) is 4.99 Å². The van der Waals surface area contributed by atoms with Crippen LogP contribution in [0.5, 0.6) is 17.2 Å². The molecule has 4 aromatic rings. The molecule has 4 amide bonds. The van der Waals surface area contributed by atoms with E-state index in [0.717, 1.165) is 67.2 Å². The summed E-state index contributed by atoms with van der Waals surface area (Å²) in [5.41, 5.74) is 5.41. The molecule has 274 valence electrons. The van der Waals surface area contributed by atoms with Crippen molar-refractivity contribution in [3.63, 3.8) is 0 Å². The van der Waals surface area contributed by atoms with Crippen LogP contribution in [0.15, 0.2) is 102 Å². The van der Waals surface area contributed by atoms with E-state index in [1.807, 2.05) is 47.4 Å². The first kappa shape index (κ1) is 35.7. The number of aliphatic imine (C=N–C) groups is 1. The molecule has 2 N–H and O–H groups in total. The Bertz CT molecular complexity index is 1980. The van der Waals surface area contributed by atoms with Gasteiger partial charge in [0.15, 0.2) is 6.61 Å². The third-order valence-corrected chi connectivity index (χ3v) is 10.3. The number of phenols is 1. The van der Waals surface area contributed by atoms with Gasteiger partial charge in [-0.05, 0) is 91.9 Å². The van der Waals surface area contributed by atoms with Gasteiger partial charge in [-0.15, -0.1) is 0 Å². The Kier molecular flexibility index (Phi) is 10.7. The van der Waals surface area contributed by atoms with Gasteiger partial charge in [0.25, 0.3) is 5.91 Å². The molecule has 53 heavy (non-hydrogen) atoms. The summed E-state index contributed by atoms with van der Waals surface area (Å²) in [6.07, 6.45) is 2.91. The van der Waals surface area contributed by atoms with Gasteiger partial charge in [-0.3, -0.25) is 29.7 Å². The molecule has 11 heteroatoms. The molecule has 1 unspecified atom stereocenters. The number of anilines is 1. The molecule has 3 aliphatic heterocycles. The Hall–Kier alpha value is -5.68. The molecule has 0 aliphatic carbocycles. The Morgan fingerprint density at radius 2 is 1.64 bits per heavy atom. The summed E-state index contributed by atoms with van der Waals surface area (Å²) in [6, 6.07) is 30.5. The molecular formula is C42H45N5O6. The number of urea groups is 1. The van der Waals surface area contributed by atoms with E-state index in [0.29, 0.717) is 37.7 Å². The van der Waals surface area contributed by atoms with E-state index in [1.165, 1.54) is 10.5 Å². The van der Waals surface area contributed by atoms with Crippen LogP contribution in [0.4, 0.5) is 16.2 Å². The lowest BCUT2D eigenvalue weighted by Gasteiger charge is -2.34. The van der Waals surface area contributed by atoms with E-state index < -0.39 is 11.4 Å². The van der Waals surface area contributed by atoms with Crippen molar-refractivity contribution in [2.75, 3.05) is 57.4 Å². The lowest BCUT2D eigenvalue weighted by atomic mass is 9.73. The summed E-state index contributed by atoms with van der Waals surface area (Å²) in [5, 5.41) is 12.6. The summed E-state index contributed by atoms with van der Waals surface area (Å²) in [4.78, 5) is 47.2. The Labute approximate surface area is 309 Å². The molecule has 0 bridgehead atoms. The number of benzene rings is 4. The molecule has 1 atom stereocenters. The summed E-state index contributed by atoms with van der Waals surface area (Å²) < 4.78 is 11.9. The minimum absolute atomic E-state index is 0.0676. The summed E-state index contributed by atoms with van der Waals surface area (Å²) in [5.74, 6) is 1.23. The van der Waals surface area contributed by atoms with Gasteiger partial charge in [-0.2, -0.15) is 0 Å². The monoisotopic (exact) mass is 715 g/mol. The zero-order valence-corrected chi connectivity index (χ0v) is 30.0. The number of rotatable bonds is 13. The van der Waals surface area contributed by atoms with Crippen molar-refractivity contribution in [1.29, 1.82) is 0 Å². The highest BCUT2D eigenvalue weighted by atomic mass is 16.5. The maximum Gasteiger partial charge on any atom is 0.328 e. The van der Waals surface area contributed by atoms with Crippen LogP contribution in [0.2, 0.25) is 0 Å². The van der Waals surface area contributed by atoms with Crippen molar-refractivity contribution < 1.29 is 29.0 Å². The molecule has 3 aliphatic rings. The number of carbonyl (C=O) groups excluding carboxylic acids is 3. The second kappa shape index (κ2) is 15.9. The second-order valence-electron chi connectivity index (χ2n) is 14.0. The first-order chi connectivity index (χ1) is 25.7. The highest BCUT2D eigenvalue weighted by molar-refractivity contribution is 6.12. The number of unbranched alkanes of at least 4 members (excludes halogenated alkanes) is 1. The van der Waals surface area contributed by atoms with Crippen LogP contribution in [-0.4, -0.2) is 90.9 Å². The fraction of sp³-hybridized carbons (Fsp3) is 0.333. The number of carbonyl (C=O) groups is 3. The molecular weight excluding hydrogens is 670 g/mol. The van der Waals surface area contributed by atoms with Gasteiger partial charge in [0.1, 0.15) is 17.2 Å².